The summed E-state index contributed by atoms with van der Waals surface area (Å²) in [6.45, 7) is 4.65. The first-order valence-corrected chi connectivity index (χ1v) is 6.86. The maximum Gasteiger partial charge on any atom is 0.278 e. The highest BCUT2D eigenvalue weighted by molar-refractivity contribution is 6.05. The third-order valence-corrected chi connectivity index (χ3v) is 3.66. The highest BCUT2D eigenvalue weighted by atomic mass is 16.2. The topological polar surface area (TPSA) is 46.1 Å². The first-order valence-electron chi connectivity index (χ1n) is 6.86. The van der Waals surface area contributed by atoms with Gasteiger partial charge in [0.25, 0.3) is 5.91 Å². The van der Waals surface area contributed by atoms with Gasteiger partial charge in [-0.25, -0.2) is 4.98 Å². The molecule has 0 radical (unpaired) electrons. The highest BCUT2D eigenvalue weighted by Crippen LogP contribution is 2.31. The van der Waals surface area contributed by atoms with Gasteiger partial charge in [-0.15, -0.1) is 0 Å². The van der Waals surface area contributed by atoms with Crippen molar-refractivity contribution in [2.24, 2.45) is 0 Å². The van der Waals surface area contributed by atoms with Crippen molar-refractivity contribution in [1.82, 2.24) is 9.97 Å². The Morgan fingerprint density at radius 1 is 1.20 bits per heavy atom. The molecule has 0 saturated heterocycles. The Morgan fingerprint density at radius 2 is 2.05 bits per heavy atom. The molecule has 1 aromatic heterocycles. The van der Waals surface area contributed by atoms with Crippen LogP contribution in [0.15, 0.2) is 30.6 Å². The molecular weight excluding hydrogens is 250 g/mol. The molecule has 3 rings (SSSR count). The fourth-order valence-electron chi connectivity index (χ4n) is 2.69. The Bertz CT molecular complexity index is 649. The fraction of sp³-hybridized carbons (Fsp3) is 0.312. The summed E-state index contributed by atoms with van der Waals surface area (Å²) in [5.74, 6) is -0.0623. The number of aryl methyl sites for hydroxylation is 3. The van der Waals surface area contributed by atoms with Crippen molar-refractivity contribution in [3.8, 4) is 0 Å². The van der Waals surface area contributed by atoms with Gasteiger partial charge in [0.2, 0.25) is 0 Å². The molecule has 1 aliphatic heterocycles. The second-order valence-corrected chi connectivity index (χ2v) is 5.19. The second kappa shape index (κ2) is 5.04. The van der Waals surface area contributed by atoms with E-state index >= 15 is 0 Å². The minimum absolute atomic E-state index is 0.0623. The molecule has 4 nitrogen and oxygen atoms in total. The van der Waals surface area contributed by atoms with Crippen LogP contribution in [0.5, 0.6) is 0 Å². The van der Waals surface area contributed by atoms with Gasteiger partial charge in [0.05, 0.1) is 17.6 Å². The van der Waals surface area contributed by atoms with Gasteiger partial charge >= 0.3 is 0 Å². The minimum atomic E-state index is -0.0623. The van der Waals surface area contributed by atoms with Crippen molar-refractivity contribution in [2.45, 2.75) is 26.7 Å². The molecular formula is C16H17N3O. The third kappa shape index (κ3) is 2.18. The van der Waals surface area contributed by atoms with Crippen LogP contribution in [0.1, 0.15) is 33.7 Å². The number of fused-ring (bicyclic) bond motifs is 1. The third-order valence-electron chi connectivity index (χ3n) is 3.66. The Labute approximate surface area is 118 Å². The van der Waals surface area contributed by atoms with Crippen LogP contribution in [0.3, 0.4) is 0 Å². The van der Waals surface area contributed by atoms with Gasteiger partial charge < -0.3 is 4.90 Å². The van der Waals surface area contributed by atoms with Gasteiger partial charge in [-0.3, -0.25) is 9.78 Å². The van der Waals surface area contributed by atoms with Gasteiger partial charge in [-0.2, -0.15) is 0 Å². The van der Waals surface area contributed by atoms with E-state index in [1.807, 2.05) is 30.9 Å². The standard InChI is InChI=1S/C16H17N3O/c1-11-5-3-6-13-7-4-8-19(15(11)13)16(20)14-10-17-12(2)9-18-14/h3,5-6,9-10H,4,7-8H2,1-2H3. The zero-order chi connectivity index (χ0) is 14.1. The van der Waals surface area contributed by atoms with E-state index in [4.69, 9.17) is 0 Å². The summed E-state index contributed by atoms with van der Waals surface area (Å²) in [7, 11) is 0. The summed E-state index contributed by atoms with van der Waals surface area (Å²) in [5.41, 5.74) is 4.65. The zero-order valence-electron chi connectivity index (χ0n) is 11.8. The molecule has 0 spiro atoms. The lowest BCUT2D eigenvalue weighted by molar-refractivity contribution is 0.0979. The molecule has 0 bridgehead atoms. The molecule has 102 valence electrons. The normalized spacial score (nSPS) is 14.0. The van der Waals surface area contributed by atoms with E-state index in [1.54, 1.807) is 12.4 Å². The van der Waals surface area contributed by atoms with Crippen molar-refractivity contribution < 1.29 is 4.79 Å². The predicted octanol–water partition coefficient (Wildman–Crippen LogP) is 2.69. The van der Waals surface area contributed by atoms with E-state index in [1.165, 1.54) is 5.56 Å². The number of para-hydroxylation sites is 1. The Balaban J connectivity index is 2.00. The number of hydrogen-bond donors (Lipinski definition) is 0. The van der Waals surface area contributed by atoms with Crippen LogP contribution in [0.2, 0.25) is 0 Å². The maximum absolute atomic E-state index is 12.6. The summed E-state index contributed by atoms with van der Waals surface area (Å²) in [4.78, 5) is 22.9. The minimum Gasteiger partial charge on any atom is -0.306 e. The van der Waals surface area contributed by atoms with E-state index in [-0.39, 0.29) is 5.91 Å². The van der Waals surface area contributed by atoms with Gasteiger partial charge in [0.1, 0.15) is 5.69 Å². The van der Waals surface area contributed by atoms with E-state index in [9.17, 15) is 4.79 Å². The SMILES string of the molecule is Cc1cnc(C(=O)N2CCCc3cccc(C)c32)cn1. The Kier molecular flexibility index (Phi) is 3.22. The number of benzene rings is 1. The fourth-order valence-corrected chi connectivity index (χ4v) is 2.69. The number of amides is 1. The lowest BCUT2D eigenvalue weighted by Crippen LogP contribution is -2.36. The maximum atomic E-state index is 12.6. The Morgan fingerprint density at radius 3 is 2.80 bits per heavy atom. The Hall–Kier alpha value is -2.23. The molecule has 0 N–H and O–H groups in total. The van der Waals surface area contributed by atoms with Crippen LogP contribution in [0.4, 0.5) is 5.69 Å². The van der Waals surface area contributed by atoms with Crippen LogP contribution < -0.4 is 4.90 Å². The van der Waals surface area contributed by atoms with E-state index in [2.05, 4.69) is 16.0 Å². The zero-order valence-corrected chi connectivity index (χ0v) is 11.8. The second-order valence-electron chi connectivity index (χ2n) is 5.19. The van der Waals surface area contributed by atoms with Gasteiger partial charge in [-0.05, 0) is 37.8 Å². The van der Waals surface area contributed by atoms with Crippen LogP contribution in [-0.2, 0) is 6.42 Å². The molecule has 0 saturated carbocycles. The number of aromatic nitrogens is 2. The number of nitrogens with zero attached hydrogens (tertiary/aromatic N) is 3. The summed E-state index contributed by atoms with van der Waals surface area (Å²) in [6.07, 6.45) is 5.21. The summed E-state index contributed by atoms with van der Waals surface area (Å²) in [6, 6.07) is 6.20. The monoisotopic (exact) mass is 267 g/mol. The number of carbonyl (C=O) groups excluding carboxylic acids is 1. The molecule has 4 heteroatoms. The lowest BCUT2D eigenvalue weighted by Gasteiger charge is -2.30. The van der Waals surface area contributed by atoms with Crippen LogP contribution in [-0.4, -0.2) is 22.4 Å². The smallest absolute Gasteiger partial charge is 0.278 e. The molecule has 1 aromatic carbocycles. The van der Waals surface area contributed by atoms with Gasteiger partial charge in [-0.1, -0.05) is 18.2 Å². The van der Waals surface area contributed by atoms with Gasteiger partial charge in [0.15, 0.2) is 0 Å². The van der Waals surface area contributed by atoms with Crippen molar-refractivity contribution >= 4 is 11.6 Å². The number of anilines is 1. The summed E-state index contributed by atoms with van der Waals surface area (Å²) in [5, 5.41) is 0. The molecule has 0 fully saturated rings. The van der Waals surface area contributed by atoms with Crippen molar-refractivity contribution in [3.05, 3.63) is 53.1 Å². The summed E-state index contributed by atoms with van der Waals surface area (Å²) >= 11 is 0. The molecule has 0 atom stereocenters. The molecule has 0 unspecified atom stereocenters. The first-order chi connectivity index (χ1) is 9.66. The molecule has 1 amide bonds. The average Bonchev–Trinajstić information content (AvgIpc) is 2.47. The largest absolute Gasteiger partial charge is 0.306 e. The predicted molar refractivity (Wildman–Crippen MR) is 77.9 cm³/mol. The van der Waals surface area contributed by atoms with E-state index < -0.39 is 0 Å². The number of carbonyl (C=O) groups is 1. The van der Waals surface area contributed by atoms with E-state index in [0.29, 0.717) is 5.69 Å². The molecule has 2 aromatic rings. The first kappa shape index (κ1) is 12.8. The molecule has 1 aliphatic rings. The molecule has 2 heterocycles. The number of hydrogen-bond acceptors (Lipinski definition) is 3. The quantitative estimate of drug-likeness (QED) is 0.798. The molecule has 20 heavy (non-hydrogen) atoms. The van der Waals surface area contributed by atoms with Crippen LogP contribution in [0, 0.1) is 13.8 Å². The van der Waals surface area contributed by atoms with Gasteiger partial charge in [0, 0.05) is 12.7 Å². The van der Waals surface area contributed by atoms with Crippen molar-refractivity contribution in [2.75, 3.05) is 11.4 Å². The average molecular weight is 267 g/mol. The number of rotatable bonds is 1. The van der Waals surface area contributed by atoms with Crippen molar-refractivity contribution in [1.29, 1.82) is 0 Å². The lowest BCUT2D eigenvalue weighted by atomic mass is 9.98. The van der Waals surface area contributed by atoms with Crippen LogP contribution >= 0.6 is 0 Å². The van der Waals surface area contributed by atoms with E-state index in [0.717, 1.165) is 36.3 Å². The highest BCUT2D eigenvalue weighted by Gasteiger charge is 2.25. The van der Waals surface area contributed by atoms with Crippen LogP contribution in [0.25, 0.3) is 0 Å². The summed E-state index contributed by atoms with van der Waals surface area (Å²) < 4.78 is 0. The van der Waals surface area contributed by atoms with Crippen molar-refractivity contribution in [3.63, 3.8) is 0 Å². The molecule has 0 aliphatic carbocycles.